The highest BCUT2D eigenvalue weighted by atomic mass is 16.5. The van der Waals surface area contributed by atoms with Gasteiger partial charge in [-0.15, -0.1) is 5.10 Å². The number of benzene rings is 2. The van der Waals surface area contributed by atoms with Gasteiger partial charge in [-0.3, -0.25) is 9.69 Å². The molecule has 2 fully saturated rings. The van der Waals surface area contributed by atoms with Crippen molar-refractivity contribution in [2.24, 2.45) is 0 Å². The van der Waals surface area contributed by atoms with Gasteiger partial charge in [0.05, 0.1) is 35.9 Å². The molecule has 3 aromatic rings. The molecule has 3 atom stereocenters. The molecule has 10 heteroatoms. The summed E-state index contributed by atoms with van der Waals surface area (Å²) in [7, 11) is 0. The van der Waals surface area contributed by atoms with Gasteiger partial charge in [0.15, 0.2) is 0 Å². The van der Waals surface area contributed by atoms with E-state index in [1.54, 1.807) is 11.0 Å². The SMILES string of the molecule is O=C1OCc2cc(C3CN4CCN(C(=O)C5CCc6cc(-n7cnnn7)ccc65)CC4CO3)ccc21. The fraction of sp³-hybridized carbons (Fsp3) is 0.423. The summed E-state index contributed by atoms with van der Waals surface area (Å²) in [6.45, 7) is 3.95. The minimum Gasteiger partial charge on any atom is -0.457 e. The van der Waals surface area contributed by atoms with Gasteiger partial charge in [0.25, 0.3) is 0 Å². The highest BCUT2D eigenvalue weighted by Gasteiger charge is 2.39. The van der Waals surface area contributed by atoms with E-state index in [4.69, 9.17) is 9.47 Å². The standard InChI is InChI=1S/C26H26N6O4/c33-25(23-5-1-16-10-19(3-6-21(16)23)32-15-27-28-29-32)31-8-7-30-12-24(35-14-20(30)11-31)17-2-4-22-18(9-17)13-36-26(22)34/h2-4,6,9-10,15,20,23-24H,1,5,7-8,11-14H2. The molecular formula is C26H26N6O4. The number of ether oxygens (including phenoxy) is 2. The second-order valence-electron chi connectivity index (χ2n) is 9.98. The van der Waals surface area contributed by atoms with Crippen molar-refractivity contribution < 1.29 is 19.1 Å². The average Bonchev–Trinajstić information content (AvgIpc) is 3.67. The fourth-order valence-corrected chi connectivity index (χ4v) is 6.04. The maximum Gasteiger partial charge on any atom is 0.338 e. The third kappa shape index (κ3) is 3.59. The van der Waals surface area contributed by atoms with E-state index in [1.165, 1.54) is 5.56 Å². The molecule has 3 unspecified atom stereocenters. The number of fused-ring (bicyclic) bond motifs is 3. The van der Waals surface area contributed by atoms with Gasteiger partial charge in [-0.2, -0.15) is 0 Å². The summed E-state index contributed by atoms with van der Waals surface area (Å²) >= 11 is 0. The quantitative estimate of drug-likeness (QED) is 0.515. The maximum atomic E-state index is 13.6. The Bertz CT molecular complexity index is 1340. The number of hydrogen-bond acceptors (Lipinski definition) is 8. The lowest BCUT2D eigenvalue weighted by Crippen LogP contribution is -2.60. The van der Waals surface area contributed by atoms with E-state index in [1.807, 2.05) is 29.2 Å². The Balaban J connectivity index is 1.01. The van der Waals surface area contributed by atoms with Crippen LogP contribution < -0.4 is 0 Å². The molecule has 0 radical (unpaired) electrons. The first-order chi connectivity index (χ1) is 17.6. The third-order valence-corrected chi connectivity index (χ3v) is 8.00. The number of morpholine rings is 1. The number of cyclic esters (lactones) is 1. The molecule has 0 bridgehead atoms. The molecular weight excluding hydrogens is 460 g/mol. The Kier molecular flexibility index (Phi) is 5.10. The first-order valence-corrected chi connectivity index (χ1v) is 12.4. The van der Waals surface area contributed by atoms with Gasteiger partial charge in [-0.25, -0.2) is 9.48 Å². The van der Waals surface area contributed by atoms with Crippen LogP contribution in [0.4, 0.5) is 0 Å². The second kappa shape index (κ2) is 8.49. The van der Waals surface area contributed by atoms with Crippen LogP contribution in [0.15, 0.2) is 42.7 Å². The molecule has 4 heterocycles. The predicted molar refractivity (Wildman–Crippen MR) is 126 cm³/mol. The molecule has 0 spiro atoms. The highest BCUT2D eigenvalue weighted by molar-refractivity contribution is 5.93. The number of rotatable bonds is 3. The van der Waals surface area contributed by atoms with Crippen molar-refractivity contribution in [2.75, 3.05) is 32.8 Å². The maximum absolute atomic E-state index is 13.6. The largest absolute Gasteiger partial charge is 0.457 e. The lowest BCUT2D eigenvalue weighted by atomic mass is 9.97. The van der Waals surface area contributed by atoms with Crippen LogP contribution in [0.5, 0.6) is 0 Å². The molecule has 36 heavy (non-hydrogen) atoms. The van der Waals surface area contributed by atoms with E-state index in [2.05, 4.69) is 32.6 Å². The van der Waals surface area contributed by atoms with Gasteiger partial charge in [0.1, 0.15) is 12.9 Å². The molecule has 3 aliphatic heterocycles. The van der Waals surface area contributed by atoms with E-state index >= 15 is 0 Å². The highest BCUT2D eigenvalue weighted by Crippen LogP contribution is 2.37. The van der Waals surface area contributed by atoms with Crippen molar-refractivity contribution in [3.8, 4) is 5.69 Å². The lowest BCUT2D eigenvalue weighted by Gasteiger charge is -2.46. The second-order valence-corrected chi connectivity index (χ2v) is 9.98. The molecule has 0 saturated carbocycles. The summed E-state index contributed by atoms with van der Waals surface area (Å²) in [5.41, 5.74) is 5.90. The molecule has 1 amide bonds. The topological polar surface area (TPSA) is 103 Å². The number of carbonyl (C=O) groups excluding carboxylic acids is 2. The van der Waals surface area contributed by atoms with Crippen molar-refractivity contribution >= 4 is 11.9 Å². The van der Waals surface area contributed by atoms with Crippen molar-refractivity contribution in [1.82, 2.24) is 30.0 Å². The molecule has 7 rings (SSSR count). The van der Waals surface area contributed by atoms with Crippen LogP contribution in [0.3, 0.4) is 0 Å². The van der Waals surface area contributed by atoms with Crippen LogP contribution in [0, 0.1) is 0 Å². The Morgan fingerprint density at radius 2 is 2.00 bits per heavy atom. The van der Waals surface area contributed by atoms with Gasteiger partial charge in [-0.05, 0) is 64.2 Å². The molecule has 2 aromatic carbocycles. The van der Waals surface area contributed by atoms with Crippen LogP contribution >= 0.6 is 0 Å². The van der Waals surface area contributed by atoms with E-state index in [0.717, 1.165) is 54.9 Å². The van der Waals surface area contributed by atoms with Crippen LogP contribution in [0.2, 0.25) is 0 Å². The zero-order valence-corrected chi connectivity index (χ0v) is 19.7. The molecule has 10 nitrogen and oxygen atoms in total. The molecule has 184 valence electrons. The summed E-state index contributed by atoms with van der Waals surface area (Å²) in [5.74, 6) is -0.128. The normalized spacial score (nSPS) is 25.3. The molecule has 1 aliphatic carbocycles. The van der Waals surface area contributed by atoms with E-state index in [0.29, 0.717) is 25.3 Å². The summed E-state index contributed by atoms with van der Waals surface area (Å²) in [4.78, 5) is 29.8. The molecule has 1 aromatic heterocycles. The Labute approximate surface area is 207 Å². The van der Waals surface area contributed by atoms with Crippen molar-refractivity contribution in [1.29, 1.82) is 0 Å². The number of nitrogens with zero attached hydrogens (tertiary/aromatic N) is 6. The van der Waals surface area contributed by atoms with Gasteiger partial charge in [0, 0.05) is 31.7 Å². The van der Waals surface area contributed by atoms with Crippen molar-refractivity contribution in [3.63, 3.8) is 0 Å². The minimum absolute atomic E-state index is 0.0411. The van der Waals surface area contributed by atoms with Gasteiger partial charge >= 0.3 is 5.97 Å². The summed E-state index contributed by atoms with van der Waals surface area (Å²) in [5, 5.41) is 11.4. The number of hydrogen-bond donors (Lipinski definition) is 0. The minimum atomic E-state index is -0.250. The third-order valence-electron chi connectivity index (χ3n) is 8.00. The van der Waals surface area contributed by atoms with Crippen LogP contribution in [0.1, 0.15) is 51.1 Å². The zero-order valence-electron chi connectivity index (χ0n) is 19.7. The Morgan fingerprint density at radius 1 is 1.06 bits per heavy atom. The van der Waals surface area contributed by atoms with E-state index in [9.17, 15) is 9.59 Å². The monoisotopic (exact) mass is 486 g/mol. The number of aryl methyl sites for hydroxylation is 1. The first kappa shape index (κ1) is 21.6. The summed E-state index contributed by atoms with van der Waals surface area (Å²) in [6.07, 6.45) is 3.25. The average molecular weight is 487 g/mol. The molecule has 4 aliphatic rings. The summed E-state index contributed by atoms with van der Waals surface area (Å²) < 4.78 is 13.0. The van der Waals surface area contributed by atoms with Gasteiger partial charge in [-0.1, -0.05) is 12.1 Å². The van der Waals surface area contributed by atoms with E-state index < -0.39 is 0 Å². The molecule has 0 N–H and O–H groups in total. The number of aromatic nitrogens is 4. The number of amides is 1. The summed E-state index contributed by atoms with van der Waals surface area (Å²) in [6, 6.07) is 12.2. The van der Waals surface area contributed by atoms with Crippen LogP contribution in [-0.4, -0.2) is 80.7 Å². The van der Waals surface area contributed by atoms with Crippen molar-refractivity contribution in [2.45, 2.75) is 37.5 Å². The number of esters is 1. The van der Waals surface area contributed by atoms with Crippen LogP contribution in [0.25, 0.3) is 5.69 Å². The lowest BCUT2D eigenvalue weighted by molar-refractivity contribution is -0.141. The predicted octanol–water partition coefficient (Wildman–Crippen LogP) is 1.65. The molecule has 2 saturated heterocycles. The smallest absolute Gasteiger partial charge is 0.338 e. The van der Waals surface area contributed by atoms with Gasteiger partial charge in [0.2, 0.25) is 5.91 Å². The Hall–Kier alpha value is -3.63. The number of piperazine rings is 1. The fourth-order valence-electron chi connectivity index (χ4n) is 6.04. The number of carbonyl (C=O) groups is 2. The van der Waals surface area contributed by atoms with Crippen LogP contribution in [-0.2, 0) is 27.3 Å². The van der Waals surface area contributed by atoms with E-state index in [-0.39, 0.29) is 29.9 Å². The zero-order chi connectivity index (χ0) is 24.2. The van der Waals surface area contributed by atoms with Gasteiger partial charge < -0.3 is 14.4 Å². The van der Waals surface area contributed by atoms with Crippen molar-refractivity contribution in [3.05, 3.63) is 70.5 Å². The number of tetrazole rings is 1. The Morgan fingerprint density at radius 3 is 2.89 bits per heavy atom. The first-order valence-electron chi connectivity index (χ1n) is 12.4.